The average Bonchev–Trinajstić information content (AvgIpc) is 2.39. The number of carbonyl (C=O) groups is 2. The van der Waals surface area contributed by atoms with E-state index in [1.165, 1.54) is 0 Å². The highest BCUT2D eigenvalue weighted by molar-refractivity contribution is 6.44. The Morgan fingerprint density at radius 2 is 1.58 bits per heavy atom. The van der Waals surface area contributed by atoms with E-state index in [2.05, 4.69) is 5.32 Å². The predicted molar refractivity (Wildman–Crippen MR) is 97.3 cm³/mol. The van der Waals surface area contributed by atoms with E-state index >= 15 is 0 Å². The zero-order valence-electron chi connectivity index (χ0n) is 14.3. The van der Waals surface area contributed by atoms with Crippen LogP contribution in [0.25, 0.3) is 0 Å². The number of benzene rings is 1. The Morgan fingerprint density at radius 3 is 2.04 bits per heavy atom. The van der Waals surface area contributed by atoms with Crippen molar-refractivity contribution in [3.63, 3.8) is 0 Å². The summed E-state index contributed by atoms with van der Waals surface area (Å²) in [4.78, 5) is 27.0. The lowest BCUT2D eigenvalue weighted by molar-refractivity contribution is -0.156. The van der Waals surface area contributed by atoms with Gasteiger partial charge in [-0.05, 0) is 52.7 Å². The number of likely N-dealkylation sites (tertiary alicyclic amines) is 1. The molecular formula is C17H23Cl2N3O2. The summed E-state index contributed by atoms with van der Waals surface area (Å²) in [5.74, 6) is -1.38. The Kier molecular flexibility index (Phi) is 5.19. The monoisotopic (exact) mass is 371 g/mol. The number of hydrogen-bond donors (Lipinski definition) is 2. The quantitative estimate of drug-likeness (QED) is 0.742. The average molecular weight is 372 g/mol. The lowest BCUT2D eigenvalue weighted by atomic mass is 9.77. The lowest BCUT2D eigenvalue weighted by Crippen LogP contribution is -2.66. The molecule has 0 saturated carbocycles. The van der Waals surface area contributed by atoms with Gasteiger partial charge in [0.05, 0.1) is 15.7 Å². The van der Waals surface area contributed by atoms with E-state index in [-0.39, 0.29) is 21.8 Å². The van der Waals surface area contributed by atoms with E-state index in [0.29, 0.717) is 12.8 Å². The van der Waals surface area contributed by atoms with E-state index in [9.17, 15) is 9.59 Å². The summed E-state index contributed by atoms with van der Waals surface area (Å²) in [7, 11) is 0. The van der Waals surface area contributed by atoms with Gasteiger partial charge in [-0.1, -0.05) is 29.3 Å². The van der Waals surface area contributed by atoms with Crippen molar-refractivity contribution in [1.29, 1.82) is 0 Å². The summed E-state index contributed by atoms with van der Waals surface area (Å²) in [6.07, 6.45) is 1.25. The van der Waals surface area contributed by atoms with E-state index in [4.69, 9.17) is 28.9 Å². The van der Waals surface area contributed by atoms with Crippen molar-refractivity contribution < 1.29 is 9.59 Å². The second-order valence-electron chi connectivity index (χ2n) is 7.48. The number of nitrogens with zero attached hydrogens (tertiary/aromatic N) is 1. The number of rotatable bonds is 1. The number of amides is 2. The summed E-state index contributed by atoms with van der Waals surface area (Å²) in [6.45, 7) is 7.67. The Labute approximate surface area is 152 Å². The molecule has 0 aliphatic carbocycles. The molecule has 0 radical (unpaired) electrons. The number of nitrogens with one attached hydrogen (secondary N) is 1. The van der Waals surface area contributed by atoms with Gasteiger partial charge in [0.1, 0.15) is 0 Å². The highest BCUT2D eigenvalue weighted by Crippen LogP contribution is 2.38. The highest BCUT2D eigenvalue weighted by atomic mass is 35.5. The first-order chi connectivity index (χ1) is 11.0. The first kappa shape index (κ1) is 19.0. The van der Waals surface area contributed by atoms with Crippen LogP contribution in [0.3, 0.4) is 0 Å². The fourth-order valence-electron chi connectivity index (χ4n) is 3.79. The number of anilines is 1. The van der Waals surface area contributed by atoms with Gasteiger partial charge < -0.3 is 16.0 Å². The molecule has 132 valence electrons. The molecule has 0 aromatic heterocycles. The van der Waals surface area contributed by atoms with Crippen LogP contribution >= 0.6 is 23.2 Å². The summed E-state index contributed by atoms with van der Waals surface area (Å²) in [5, 5.41) is 3.10. The third-order valence-electron chi connectivity index (χ3n) is 4.33. The number of piperidine rings is 1. The van der Waals surface area contributed by atoms with Gasteiger partial charge in [0, 0.05) is 17.1 Å². The Hall–Kier alpha value is -1.30. The minimum Gasteiger partial charge on any atom is -0.328 e. The Bertz CT molecular complexity index is 636. The molecule has 1 aliphatic heterocycles. The molecule has 0 bridgehead atoms. The SMILES string of the molecule is CC1(C)CC(N)CC(C)(C)N1C(=O)C(=O)Nc1c(Cl)cccc1Cl. The molecule has 5 nitrogen and oxygen atoms in total. The van der Waals surface area contributed by atoms with Gasteiger partial charge in [0.15, 0.2) is 0 Å². The number of hydrogen-bond acceptors (Lipinski definition) is 3. The van der Waals surface area contributed by atoms with Gasteiger partial charge >= 0.3 is 11.8 Å². The molecule has 7 heteroatoms. The molecule has 2 amide bonds. The van der Waals surface area contributed by atoms with E-state index in [1.807, 2.05) is 27.7 Å². The molecule has 24 heavy (non-hydrogen) atoms. The third kappa shape index (κ3) is 3.68. The van der Waals surface area contributed by atoms with Crippen LogP contribution in [0, 0.1) is 0 Å². The second kappa shape index (κ2) is 6.54. The normalized spacial score (nSPS) is 19.9. The van der Waals surface area contributed by atoms with Crippen LogP contribution in [0.1, 0.15) is 40.5 Å². The minimum atomic E-state index is -0.762. The molecule has 1 aromatic carbocycles. The van der Waals surface area contributed by atoms with Crippen molar-refractivity contribution >= 4 is 40.7 Å². The molecule has 1 aromatic rings. The Balaban J connectivity index is 2.28. The summed E-state index contributed by atoms with van der Waals surface area (Å²) >= 11 is 12.1. The maximum absolute atomic E-state index is 12.8. The van der Waals surface area contributed by atoms with Crippen molar-refractivity contribution in [2.45, 2.75) is 57.7 Å². The maximum atomic E-state index is 12.8. The topological polar surface area (TPSA) is 75.4 Å². The highest BCUT2D eigenvalue weighted by Gasteiger charge is 2.48. The van der Waals surface area contributed by atoms with Crippen LogP contribution in [0.15, 0.2) is 18.2 Å². The fraction of sp³-hybridized carbons (Fsp3) is 0.529. The standard InChI is InChI=1S/C17H23Cl2N3O2/c1-16(2)8-10(20)9-17(3,4)22(16)15(24)14(23)21-13-11(18)6-5-7-12(13)19/h5-7,10H,8-9,20H2,1-4H3,(H,21,23). The van der Waals surface area contributed by atoms with Crippen molar-refractivity contribution in [2.24, 2.45) is 5.73 Å². The van der Waals surface area contributed by atoms with Gasteiger partial charge in [0.2, 0.25) is 0 Å². The maximum Gasteiger partial charge on any atom is 0.314 e. The number of nitrogens with two attached hydrogens (primary N) is 1. The van der Waals surface area contributed by atoms with Gasteiger partial charge in [-0.25, -0.2) is 0 Å². The zero-order valence-corrected chi connectivity index (χ0v) is 15.8. The smallest absolute Gasteiger partial charge is 0.314 e. The van der Waals surface area contributed by atoms with E-state index in [0.717, 1.165) is 0 Å². The molecule has 1 heterocycles. The van der Waals surface area contributed by atoms with Crippen molar-refractivity contribution in [2.75, 3.05) is 5.32 Å². The van der Waals surface area contributed by atoms with Crippen LogP contribution in [0.2, 0.25) is 10.0 Å². The molecule has 1 fully saturated rings. The minimum absolute atomic E-state index is 0.0138. The molecule has 3 N–H and O–H groups in total. The van der Waals surface area contributed by atoms with Crippen molar-refractivity contribution in [3.05, 3.63) is 28.2 Å². The predicted octanol–water partition coefficient (Wildman–Crippen LogP) is 3.44. The molecule has 1 aliphatic rings. The fourth-order valence-corrected chi connectivity index (χ4v) is 4.28. The summed E-state index contributed by atoms with van der Waals surface area (Å²) in [5.41, 5.74) is 5.30. The van der Waals surface area contributed by atoms with Crippen LogP contribution in [0.5, 0.6) is 0 Å². The molecule has 0 unspecified atom stereocenters. The first-order valence-electron chi connectivity index (χ1n) is 7.81. The van der Waals surface area contributed by atoms with Crippen LogP contribution in [-0.2, 0) is 9.59 Å². The molecule has 0 spiro atoms. The van der Waals surface area contributed by atoms with Gasteiger partial charge in [-0.3, -0.25) is 9.59 Å². The number of para-hydroxylation sites is 1. The van der Waals surface area contributed by atoms with Gasteiger partial charge in [-0.2, -0.15) is 0 Å². The van der Waals surface area contributed by atoms with Gasteiger partial charge in [0.25, 0.3) is 0 Å². The molecule has 0 atom stereocenters. The lowest BCUT2D eigenvalue weighted by Gasteiger charge is -2.54. The largest absolute Gasteiger partial charge is 0.328 e. The number of halogens is 2. The zero-order chi connectivity index (χ0) is 18.3. The summed E-state index contributed by atoms with van der Waals surface area (Å²) < 4.78 is 0. The van der Waals surface area contributed by atoms with E-state index < -0.39 is 22.9 Å². The third-order valence-corrected chi connectivity index (χ3v) is 4.96. The molecule has 2 rings (SSSR count). The Morgan fingerprint density at radius 1 is 1.12 bits per heavy atom. The molecule has 1 saturated heterocycles. The van der Waals surface area contributed by atoms with E-state index in [1.54, 1.807) is 23.1 Å². The van der Waals surface area contributed by atoms with Crippen LogP contribution in [-0.4, -0.2) is 33.8 Å². The van der Waals surface area contributed by atoms with Gasteiger partial charge in [-0.15, -0.1) is 0 Å². The second-order valence-corrected chi connectivity index (χ2v) is 8.30. The van der Waals surface area contributed by atoms with Crippen molar-refractivity contribution in [3.8, 4) is 0 Å². The summed E-state index contributed by atoms with van der Waals surface area (Å²) in [6, 6.07) is 4.85. The van der Waals surface area contributed by atoms with Crippen molar-refractivity contribution in [1.82, 2.24) is 4.90 Å². The first-order valence-corrected chi connectivity index (χ1v) is 8.56. The van der Waals surface area contributed by atoms with Crippen LogP contribution in [0.4, 0.5) is 5.69 Å². The molecular weight excluding hydrogens is 349 g/mol. The van der Waals surface area contributed by atoms with Crippen LogP contribution < -0.4 is 11.1 Å². The number of carbonyl (C=O) groups excluding carboxylic acids is 2.